The molecule has 1 aliphatic heterocycles. The number of ether oxygens (including phenoxy) is 2. The van der Waals surface area contributed by atoms with Gasteiger partial charge < -0.3 is 25.4 Å². The maximum absolute atomic E-state index is 12.9. The molecule has 0 radical (unpaired) electrons. The van der Waals surface area contributed by atoms with Crippen LogP contribution in [0, 0.1) is 11.3 Å². The fraction of sp³-hybridized carbons (Fsp3) is 0.360. The van der Waals surface area contributed by atoms with Crippen LogP contribution in [0.15, 0.2) is 53.5 Å². The summed E-state index contributed by atoms with van der Waals surface area (Å²) in [6, 6.07) is 12.8. The average molecular weight is 499 g/mol. The third-order valence-corrected chi connectivity index (χ3v) is 6.29. The number of hydrogen-bond acceptors (Lipinski definition) is 6. The van der Waals surface area contributed by atoms with Crippen LogP contribution < -0.4 is 16.0 Å². The van der Waals surface area contributed by atoms with Crippen molar-refractivity contribution in [3.63, 3.8) is 0 Å². The summed E-state index contributed by atoms with van der Waals surface area (Å²) >= 11 is 5.93. The lowest BCUT2D eigenvalue weighted by atomic mass is 9.98. The SMILES string of the molecule is COC(=O)C(NC(=O)C1(C2N=C(c3ccc(NC(=O)Nc4cccc(Cl)c4)cc3)O2)CC1)C(C)C. The molecule has 0 bridgehead atoms. The van der Waals surface area contributed by atoms with Gasteiger partial charge in [0, 0.05) is 22.0 Å². The lowest BCUT2D eigenvalue weighted by molar-refractivity contribution is -0.148. The van der Waals surface area contributed by atoms with E-state index < -0.39 is 29.7 Å². The van der Waals surface area contributed by atoms with E-state index in [0.29, 0.717) is 35.1 Å². The molecule has 2 atom stereocenters. The summed E-state index contributed by atoms with van der Waals surface area (Å²) in [5, 5.41) is 8.79. The van der Waals surface area contributed by atoms with Crippen molar-refractivity contribution in [1.82, 2.24) is 5.32 Å². The summed E-state index contributed by atoms with van der Waals surface area (Å²) in [5.74, 6) is -0.405. The highest BCUT2D eigenvalue weighted by Crippen LogP contribution is 2.53. The fourth-order valence-electron chi connectivity index (χ4n) is 3.79. The number of esters is 1. The van der Waals surface area contributed by atoms with Crippen LogP contribution in [0.4, 0.5) is 16.2 Å². The molecule has 1 heterocycles. The lowest BCUT2D eigenvalue weighted by Gasteiger charge is -2.32. The van der Waals surface area contributed by atoms with Crippen LogP contribution in [-0.2, 0) is 19.1 Å². The smallest absolute Gasteiger partial charge is 0.328 e. The van der Waals surface area contributed by atoms with Crippen LogP contribution in [-0.4, -0.2) is 43.2 Å². The highest BCUT2D eigenvalue weighted by Gasteiger charge is 2.60. The van der Waals surface area contributed by atoms with Crippen LogP contribution in [0.25, 0.3) is 0 Å². The Balaban J connectivity index is 1.34. The Kier molecular flexibility index (Phi) is 6.98. The summed E-state index contributed by atoms with van der Waals surface area (Å²) in [7, 11) is 1.30. The topological polar surface area (TPSA) is 118 Å². The quantitative estimate of drug-likeness (QED) is 0.472. The maximum atomic E-state index is 12.9. The number of methoxy groups -OCH3 is 1. The van der Waals surface area contributed by atoms with Crippen molar-refractivity contribution in [2.75, 3.05) is 17.7 Å². The summed E-state index contributed by atoms with van der Waals surface area (Å²) in [4.78, 5) is 41.6. The maximum Gasteiger partial charge on any atom is 0.328 e. The first-order valence-electron chi connectivity index (χ1n) is 11.3. The zero-order valence-electron chi connectivity index (χ0n) is 19.6. The van der Waals surface area contributed by atoms with Crippen molar-refractivity contribution in [2.45, 2.75) is 39.0 Å². The normalized spacial score (nSPS) is 18.3. The Morgan fingerprint density at radius 1 is 1.09 bits per heavy atom. The third kappa shape index (κ3) is 5.40. The Labute approximate surface area is 208 Å². The molecule has 9 nitrogen and oxygen atoms in total. The average Bonchev–Trinajstić information content (AvgIpc) is 3.58. The van der Waals surface area contributed by atoms with Crippen molar-refractivity contribution in [3.05, 3.63) is 59.1 Å². The second-order valence-corrected chi connectivity index (χ2v) is 9.38. The first-order valence-corrected chi connectivity index (χ1v) is 11.7. The van der Waals surface area contributed by atoms with Gasteiger partial charge in [-0.15, -0.1) is 0 Å². The van der Waals surface area contributed by atoms with E-state index >= 15 is 0 Å². The van der Waals surface area contributed by atoms with Gasteiger partial charge in [0.1, 0.15) is 11.5 Å². The van der Waals surface area contributed by atoms with Gasteiger partial charge in [0.2, 0.25) is 18.0 Å². The fourth-order valence-corrected chi connectivity index (χ4v) is 3.98. The van der Waals surface area contributed by atoms with Crippen molar-refractivity contribution in [3.8, 4) is 0 Å². The standard InChI is InChI=1S/C25H27ClN4O5/c1-14(2)19(21(31)34-3)29-22(32)25(11-12-25)23-30-20(35-23)15-7-9-17(10-8-15)27-24(33)28-18-6-4-5-16(26)13-18/h4-10,13-14,19,23H,11-12H2,1-3H3,(H,29,32)(H2,27,28,33). The molecule has 0 aromatic heterocycles. The second-order valence-electron chi connectivity index (χ2n) is 8.95. The van der Waals surface area contributed by atoms with Gasteiger partial charge in [0.15, 0.2) is 0 Å². The number of amides is 3. The number of halogens is 1. The van der Waals surface area contributed by atoms with Gasteiger partial charge in [0.05, 0.1) is 7.11 Å². The number of nitrogens with one attached hydrogen (secondary N) is 3. The molecule has 2 aromatic rings. The summed E-state index contributed by atoms with van der Waals surface area (Å²) in [6.07, 6.45) is 0.678. The van der Waals surface area contributed by atoms with Gasteiger partial charge in [-0.25, -0.2) is 14.6 Å². The predicted octanol–water partition coefficient (Wildman–Crippen LogP) is 4.18. The van der Waals surface area contributed by atoms with E-state index in [-0.39, 0.29) is 11.8 Å². The van der Waals surface area contributed by atoms with Crippen molar-refractivity contribution >= 4 is 46.8 Å². The first-order chi connectivity index (χ1) is 16.7. The number of urea groups is 1. The minimum Gasteiger partial charge on any atom is -0.467 e. The van der Waals surface area contributed by atoms with Crippen molar-refractivity contribution < 1.29 is 23.9 Å². The number of hydrogen-bond donors (Lipinski definition) is 3. The van der Waals surface area contributed by atoms with Crippen LogP contribution in [0.3, 0.4) is 0 Å². The van der Waals surface area contributed by atoms with Gasteiger partial charge in [-0.3, -0.25) is 4.79 Å². The molecule has 35 heavy (non-hydrogen) atoms. The Morgan fingerprint density at radius 3 is 2.31 bits per heavy atom. The highest BCUT2D eigenvalue weighted by atomic mass is 35.5. The number of rotatable bonds is 8. The van der Waals surface area contributed by atoms with Crippen molar-refractivity contribution in [2.24, 2.45) is 16.3 Å². The number of aliphatic imine (C=N–C) groups is 1. The van der Waals surface area contributed by atoms with Gasteiger partial charge in [-0.2, -0.15) is 0 Å². The van der Waals surface area contributed by atoms with Gasteiger partial charge in [0.25, 0.3) is 0 Å². The Morgan fingerprint density at radius 2 is 1.74 bits per heavy atom. The van der Waals surface area contributed by atoms with E-state index in [2.05, 4.69) is 20.9 Å². The Bertz CT molecular complexity index is 1160. The molecule has 0 spiro atoms. The summed E-state index contributed by atoms with van der Waals surface area (Å²) < 4.78 is 10.7. The number of carbonyl (C=O) groups excluding carboxylic acids is 3. The lowest BCUT2D eigenvalue weighted by Crippen LogP contribution is -2.52. The van der Waals surface area contributed by atoms with Gasteiger partial charge in [-0.1, -0.05) is 31.5 Å². The largest absolute Gasteiger partial charge is 0.467 e. The first kappa shape index (κ1) is 24.5. The monoisotopic (exact) mass is 498 g/mol. The molecule has 2 aliphatic rings. The molecule has 0 saturated heterocycles. The van der Waals surface area contributed by atoms with Crippen LogP contribution in [0.2, 0.25) is 5.02 Å². The minimum atomic E-state index is -0.759. The predicted molar refractivity (Wildman–Crippen MR) is 132 cm³/mol. The molecular formula is C25H27ClN4O5. The van der Waals surface area contributed by atoms with E-state index in [0.717, 1.165) is 5.56 Å². The molecule has 1 fully saturated rings. The number of carbonyl (C=O) groups is 3. The molecule has 1 saturated carbocycles. The second kappa shape index (κ2) is 9.95. The van der Waals surface area contributed by atoms with Crippen LogP contribution in [0.5, 0.6) is 0 Å². The molecule has 2 unspecified atom stereocenters. The van der Waals surface area contributed by atoms with E-state index in [1.165, 1.54) is 7.11 Å². The van der Waals surface area contributed by atoms with E-state index in [1.54, 1.807) is 48.5 Å². The Hall–Kier alpha value is -3.59. The molecule has 10 heteroatoms. The third-order valence-electron chi connectivity index (χ3n) is 6.05. The van der Waals surface area contributed by atoms with E-state index in [1.807, 2.05) is 13.8 Å². The van der Waals surface area contributed by atoms with Gasteiger partial charge >= 0.3 is 12.0 Å². The highest BCUT2D eigenvalue weighted by molar-refractivity contribution is 6.30. The van der Waals surface area contributed by atoms with E-state index in [9.17, 15) is 14.4 Å². The summed E-state index contributed by atoms with van der Waals surface area (Å²) in [6.45, 7) is 3.69. The van der Waals surface area contributed by atoms with Crippen LogP contribution in [0.1, 0.15) is 32.3 Å². The van der Waals surface area contributed by atoms with Crippen molar-refractivity contribution in [1.29, 1.82) is 0 Å². The molecular weight excluding hydrogens is 472 g/mol. The van der Waals surface area contributed by atoms with E-state index in [4.69, 9.17) is 21.1 Å². The molecule has 3 amide bonds. The zero-order chi connectivity index (χ0) is 25.2. The number of nitrogens with zero attached hydrogens (tertiary/aromatic N) is 1. The van der Waals surface area contributed by atoms with Crippen LogP contribution >= 0.6 is 11.6 Å². The summed E-state index contributed by atoms with van der Waals surface area (Å²) in [5.41, 5.74) is 1.14. The molecule has 2 aromatic carbocycles. The molecule has 1 aliphatic carbocycles. The minimum absolute atomic E-state index is 0.108. The number of benzene rings is 2. The molecule has 184 valence electrons. The van der Waals surface area contributed by atoms with Gasteiger partial charge in [-0.05, 0) is 61.2 Å². The zero-order valence-corrected chi connectivity index (χ0v) is 20.4. The molecule has 3 N–H and O–H groups in total. The number of anilines is 2. The molecule has 4 rings (SSSR count).